The Morgan fingerprint density at radius 2 is 1.77 bits per heavy atom. The van der Waals surface area contributed by atoms with Crippen LogP contribution in [0.1, 0.15) is 5.56 Å². The number of morpholine rings is 1. The topological polar surface area (TPSA) is 117 Å². The molecule has 3 rings (SSSR count). The molecule has 0 atom stereocenters. The molecule has 166 valence electrons. The first-order valence-corrected chi connectivity index (χ1v) is 12.8. The molecule has 0 aliphatic carbocycles. The van der Waals surface area contributed by atoms with Gasteiger partial charge in [0.15, 0.2) is 0 Å². The number of anilines is 1. The Hall–Kier alpha value is -2.65. The van der Waals surface area contributed by atoms with E-state index in [1.54, 1.807) is 18.2 Å². The maximum absolute atomic E-state index is 12.7. The molecule has 2 aromatic rings. The minimum Gasteiger partial charge on any atom is -0.492 e. The van der Waals surface area contributed by atoms with Crippen molar-refractivity contribution in [2.24, 2.45) is 0 Å². The van der Waals surface area contributed by atoms with Crippen molar-refractivity contribution in [3.8, 4) is 11.8 Å². The Bertz CT molecular complexity index is 1150. The molecule has 1 fully saturated rings. The molecule has 1 aliphatic heterocycles. The first kappa shape index (κ1) is 23.0. The molecule has 0 saturated carbocycles. The first-order valence-electron chi connectivity index (χ1n) is 9.50. The molecule has 0 unspecified atom stereocenters. The van der Waals surface area contributed by atoms with Crippen molar-refractivity contribution in [1.82, 2.24) is 4.31 Å². The van der Waals surface area contributed by atoms with Gasteiger partial charge in [-0.2, -0.15) is 9.57 Å². The normalized spacial score (nSPS) is 15.2. The van der Waals surface area contributed by atoms with Gasteiger partial charge in [-0.1, -0.05) is 6.07 Å². The lowest BCUT2D eigenvalue weighted by molar-refractivity contribution is 0.0730. The van der Waals surface area contributed by atoms with Crippen molar-refractivity contribution in [2.45, 2.75) is 4.90 Å². The Kier molecular flexibility index (Phi) is 7.17. The molecule has 0 spiro atoms. The summed E-state index contributed by atoms with van der Waals surface area (Å²) in [5, 5.41) is 9.04. The predicted octanol–water partition coefficient (Wildman–Crippen LogP) is 1.42. The maximum Gasteiger partial charge on any atom is 0.243 e. The van der Waals surface area contributed by atoms with Crippen molar-refractivity contribution in [1.29, 1.82) is 5.26 Å². The highest BCUT2D eigenvalue weighted by Gasteiger charge is 2.26. The van der Waals surface area contributed by atoms with Crippen LogP contribution >= 0.6 is 0 Å². The first-order chi connectivity index (χ1) is 14.7. The fraction of sp³-hybridized carbons (Fsp3) is 0.350. The molecule has 9 nitrogen and oxygen atoms in total. The highest BCUT2D eigenvalue weighted by Crippen LogP contribution is 2.22. The van der Waals surface area contributed by atoms with Crippen LogP contribution in [0.25, 0.3) is 0 Å². The van der Waals surface area contributed by atoms with E-state index < -0.39 is 20.0 Å². The zero-order valence-electron chi connectivity index (χ0n) is 17.0. The number of hydrogen-bond acceptors (Lipinski definition) is 7. The molecule has 2 aromatic carbocycles. The van der Waals surface area contributed by atoms with E-state index in [0.29, 0.717) is 43.3 Å². The third-order valence-corrected chi connectivity index (χ3v) is 7.77. The van der Waals surface area contributed by atoms with E-state index in [4.69, 9.17) is 14.7 Å². The smallest absolute Gasteiger partial charge is 0.243 e. The van der Waals surface area contributed by atoms with Gasteiger partial charge in [0.05, 0.1) is 48.2 Å². The van der Waals surface area contributed by atoms with Crippen LogP contribution < -0.4 is 9.04 Å². The maximum atomic E-state index is 12.7. The van der Waals surface area contributed by atoms with Crippen LogP contribution in [0, 0.1) is 11.3 Å². The molecule has 1 aliphatic rings. The minimum absolute atomic E-state index is 0.0293. The molecule has 0 bridgehead atoms. The third kappa shape index (κ3) is 5.74. The number of benzene rings is 2. The van der Waals surface area contributed by atoms with Gasteiger partial charge in [0, 0.05) is 13.1 Å². The molecule has 31 heavy (non-hydrogen) atoms. The standard InChI is InChI=1S/C20H23N3O6S2/c1-30(24,25)23(18-4-2-3-17(15-18)16-21)11-14-29-19-5-7-20(8-6-19)31(26,27)22-9-12-28-13-10-22/h2-8,15H,9-14H2,1H3. The van der Waals surface area contributed by atoms with Crippen LogP contribution in [-0.2, 0) is 24.8 Å². The quantitative estimate of drug-likeness (QED) is 0.579. The average Bonchev–Trinajstić information content (AvgIpc) is 2.77. The number of sulfonamides is 2. The van der Waals surface area contributed by atoms with Crippen molar-refractivity contribution < 1.29 is 26.3 Å². The van der Waals surface area contributed by atoms with Crippen molar-refractivity contribution in [2.75, 3.05) is 50.0 Å². The van der Waals surface area contributed by atoms with Crippen LogP contribution in [0.2, 0.25) is 0 Å². The molecule has 11 heteroatoms. The summed E-state index contributed by atoms with van der Waals surface area (Å²) < 4.78 is 63.0. The van der Waals surface area contributed by atoms with Crippen LogP contribution in [-0.4, -0.2) is 66.9 Å². The molecule has 0 N–H and O–H groups in total. The van der Waals surface area contributed by atoms with Gasteiger partial charge < -0.3 is 9.47 Å². The van der Waals surface area contributed by atoms with E-state index in [-0.39, 0.29) is 18.0 Å². The monoisotopic (exact) mass is 465 g/mol. The van der Waals surface area contributed by atoms with Gasteiger partial charge >= 0.3 is 0 Å². The summed E-state index contributed by atoms with van der Waals surface area (Å²) in [5.74, 6) is 0.417. The largest absolute Gasteiger partial charge is 0.492 e. The predicted molar refractivity (Wildman–Crippen MR) is 115 cm³/mol. The average molecular weight is 466 g/mol. The summed E-state index contributed by atoms with van der Waals surface area (Å²) in [7, 11) is -7.18. The lowest BCUT2D eigenvalue weighted by Crippen LogP contribution is -2.40. The molecule has 0 amide bonds. The minimum atomic E-state index is -3.59. The van der Waals surface area contributed by atoms with Crippen LogP contribution in [0.5, 0.6) is 5.75 Å². The number of nitrogens with zero attached hydrogens (tertiary/aromatic N) is 3. The van der Waals surface area contributed by atoms with E-state index in [0.717, 1.165) is 10.6 Å². The Balaban J connectivity index is 1.65. The SMILES string of the molecule is CS(=O)(=O)N(CCOc1ccc(S(=O)(=O)N2CCOCC2)cc1)c1cccc(C#N)c1. The summed E-state index contributed by atoms with van der Waals surface area (Å²) in [5.41, 5.74) is 0.723. The fourth-order valence-electron chi connectivity index (χ4n) is 3.11. The van der Waals surface area contributed by atoms with Crippen molar-refractivity contribution in [3.05, 3.63) is 54.1 Å². The fourth-order valence-corrected chi connectivity index (χ4v) is 5.42. The highest BCUT2D eigenvalue weighted by atomic mass is 32.2. The number of rotatable bonds is 8. The van der Waals surface area contributed by atoms with Gasteiger partial charge in [-0.15, -0.1) is 0 Å². The van der Waals surface area contributed by atoms with Gasteiger partial charge in [0.1, 0.15) is 12.4 Å². The summed E-state index contributed by atoms with van der Waals surface area (Å²) >= 11 is 0. The Morgan fingerprint density at radius 1 is 1.10 bits per heavy atom. The van der Waals surface area contributed by atoms with E-state index in [9.17, 15) is 16.8 Å². The third-order valence-electron chi connectivity index (χ3n) is 4.66. The second kappa shape index (κ2) is 9.65. The lowest BCUT2D eigenvalue weighted by atomic mass is 10.2. The highest BCUT2D eigenvalue weighted by molar-refractivity contribution is 7.92. The Morgan fingerprint density at radius 3 is 2.39 bits per heavy atom. The molecule has 0 aromatic heterocycles. The number of nitriles is 1. The molecule has 1 heterocycles. The summed E-state index contributed by atoms with van der Waals surface area (Å²) in [6.45, 7) is 1.44. The Labute approximate surface area is 182 Å². The second-order valence-corrected chi connectivity index (χ2v) is 10.7. The number of hydrogen-bond donors (Lipinski definition) is 0. The van der Waals surface area contributed by atoms with Gasteiger partial charge in [-0.05, 0) is 42.5 Å². The van der Waals surface area contributed by atoms with E-state index in [2.05, 4.69) is 0 Å². The zero-order chi connectivity index (χ0) is 22.5. The van der Waals surface area contributed by atoms with Crippen molar-refractivity contribution >= 4 is 25.7 Å². The summed E-state index contributed by atoms with van der Waals surface area (Å²) in [6, 6.07) is 14.3. The van der Waals surface area contributed by atoms with E-state index >= 15 is 0 Å². The second-order valence-electron chi connectivity index (χ2n) is 6.83. The van der Waals surface area contributed by atoms with Gasteiger partial charge in [0.2, 0.25) is 20.0 Å². The number of ether oxygens (including phenoxy) is 2. The van der Waals surface area contributed by atoms with Crippen molar-refractivity contribution in [3.63, 3.8) is 0 Å². The van der Waals surface area contributed by atoms with Crippen LogP contribution in [0.15, 0.2) is 53.4 Å². The molecule has 1 saturated heterocycles. The zero-order valence-corrected chi connectivity index (χ0v) is 18.6. The van der Waals surface area contributed by atoms with Gasteiger partial charge in [-0.3, -0.25) is 4.31 Å². The van der Waals surface area contributed by atoms with Gasteiger partial charge in [-0.25, -0.2) is 16.8 Å². The molecular weight excluding hydrogens is 442 g/mol. The van der Waals surface area contributed by atoms with E-state index in [1.165, 1.54) is 34.6 Å². The van der Waals surface area contributed by atoms with Crippen LogP contribution in [0.4, 0.5) is 5.69 Å². The summed E-state index contributed by atoms with van der Waals surface area (Å²) in [4.78, 5) is 0.160. The molecule has 0 radical (unpaired) electrons. The molecular formula is C20H23N3O6S2. The van der Waals surface area contributed by atoms with Gasteiger partial charge in [0.25, 0.3) is 0 Å². The summed E-state index contributed by atoms with van der Waals surface area (Å²) in [6.07, 6.45) is 1.08. The van der Waals surface area contributed by atoms with Crippen LogP contribution in [0.3, 0.4) is 0 Å². The van der Waals surface area contributed by atoms with E-state index in [1.807, 2.05) is 6.07 Å². The lowest BCUT2D eigenvalue weighted by Gasteiger charge is -2.26.